The monoisotopic (exact) mass is 701 g/mol. The van der Waals surface area contributed by atoms with Crippen LogP contribution in [-0.4, -0.2) is 24.7 Å². The van der Waals surface area contributed by atoms with Gasteiger partial charge < -0.3 is 0 Å². The Bertz CT molecular complexity index is 3250. The molecule has 0 aliphatic heterocycles. The van der Waals surface area contributed by atoms with Crippen molar-refractivity contribution in [1.29, 1.82) is 0 Å². The highest BCUT2D eigenvalue weighted by molar-refractivity contribution is 6.21. The minimum Gasteiger partial charge on any atom is -0.256 e. The van der Waals surface area contributed by atoms with E-state index in [1.165, 1.54) is 0 Å². The van der Waals surface area contributed by atoms with E-state index in [-0.39, 0.29) is 0 Å². The highest BCUT2D eigenvalue weighted by Gasteiger charge is 2.23. The lowest BCUT2D eigenvalue weighted by Crippen LogP contribution is -1.97. The molecule has 0 atom stereocenters. The molecule has 5 nitrogen and oxygen atoms in total. The summed E-state index contributed by atoms with van der Waals surface area (Å²) in [6.45, 7) is 0. The van der Waals surface area contributed by atoms with Crippen molar-refractivity contribution in [3.8, 4) is 50.5 Å². The second-order valence-electron chi connectivity index (χ2n) is 13.8. The predicted octanol–water partition coefficient (Wildman–Crippen LogP) is 12.5. The first-order valence-electron chi connectivity index (χ1n) is 18.5. The quantitative estimate of drug-likeness (QED) is 0.168. The number of rotatable bonds is 5. The van der Waals surface area contributed by atoms with Crippen LogP contribution in [0.1, 0.15) is 0 Å². The van der Waals surface area contributed by atoms with Gasteiger partial charge >= 0.3 is 0 Å². The summed E-state index contributed by atoms with van der Waals surface area (Å²) in [5.74, 6) is 0. The summed E-state index contributed by atoms with van der Waals surface area (Å²) in [4.78, 5) is 15.0. The van der Waals surface area contributed by atoms with E-state index in [4.69, 9.17) is 20.1 Å². The number of pyridine rings is 3. The van der Waals surface area contributed by atoms with Gasteiger partial charge in [-0.2, -0.15) is 5.10 Å². The molecule has 0 spiro atoms. The second-order valence-corrected chi connectivity index (χ2v) is 13.8. The minimum atomic E-state index is 0.890. The average molecular weight is 702 g/mol. The van der Waals surface area contributed by atoms with E-state index < -0.39 is 0 Å². The first-order valence-corrected chi connectivity index (χ1v) is 18.5. The van der Waals surface area contributed by atoms with E-state index in [2.05, 4.69) is 162 Å². The van der Waals surface area contributed by atoms with Gasteiger partial charge in [-0.1, -0.05) is 140 Å². The van der Waals surface area contributed by atoms with Crippen molar-refractivity contribution in [2.24, 2.45) is 0 Å². The van der Waals surface area contributed by atoms with Crippen LogP contribution in [0.4, 0.5) is 0 Å². The van der Waals surface area contributed by atoms with Gasteiger partial charge in [0.2, 0.25) is 0 Å². The Morgan fingerprint density at radius 2 is 1.05 bits per heavy atom. The van der Waals surface area contributed by atoms with Crippen LogP contribution in [0, 0.1) is 0 Å². The van der Waals surface area contributed by atoms with Crippen molar-refractivity contribution >= 4 is 54.4 Å². The van der Waals surface area contributed by atoms with Gasteiger partial charge in [0.05, 0.1) is 33.4 Å². The van der Waals surface area contributed by atoms with Crippen LogP contribution < -0.4 is 0 Å². The van der Waals surface area contributed by atoms with Crippen LogP contribution in [0.15, 0.2) is 188 Å². The molecule has 4 heterocycles. The zero-order valence-electron chi connectivity index (χ0n) is 29.6. The van der Waals surface area contributed by atoms with Crippen molar-refractivity contribution in [2.45, 2.75) is 0 Å². The van der Waals surface area contributed by atoms with Crippen molar-refractivity contribution in [1.82, 2.24) is 24.7 Å². The molecule has 0 aliphatic rings. The van der Waals surface area contributed by atoms with Gasteiger partial charge in [0.15, 0.2) is 0 Å². The van der Waals surface area contributed by atoms with Gasteiger partial charge in [0.25, 0.3) is 0 Å². The van der Waals surface area contributed by atoms with Gasteiger partial charge in [0, 0.05) is 56.0 Å². The molecule has 55 heavy (non-hydrogen) atoms. The molecule has 0 saturated heterocycles. The molecule has 0 radical (unpaired) electrons. The Hall–Kier alpha value is -7.50. The maximum absolute atomic E-state index is 5.40. The zero-order valence-corrected chi connectivity index (χ0v) is 29.6. The molecule has 0 fully saturated rings. The van der Waals surface area contributed by atoms with Crippen molar-refractivity contribution in [2.75, 3.05) is 0 Å². The second kappa shape index (κ2) is 12.6. The van der Waals surface area contributed by atoms with Gasteiger partial charge in [-0.25, -0.2) is 9.67 Å². The summed E-state index contributed by atoms with van der Waals surface area (Å²) >= 11 is 0. The summed E-state index contributed by atoms with van der Waals surface area (Å²) in [7, 11) is 0. The highest BCUT2D eigenvalue weighted by atomic mass is 15.3. The Morgan fingerprint density at radius 3 is 1.85 bits per heavy atom. The summed E-state index contributed by atoms with van der Waals surface area (Å²) in [6, 6.07) is 61.7. The maximum atomic E-state index is 5.40. The summed E-state index contributed by atoms with van der Waals surface area (Å²) in [5.41, 5.74) is 13.2. The Morgan fingerprint density at radius 1 is 0.400 bits per heavy atom. The van der Waals surface area contributed by atoms with Crippen molar-refractivity contribution in [3.05, 3.63) is 188 Å². The average Bonchev–Trinajstić information content (AvgIpc) is 3.67. The fourth-order valence-corrected chi connectivity index (χ4v) is 8.19. The maximum Gasteiger partial charge on any atom is 0.101 e. The lowest BCUT2D eigenvalue weighted by atomic mass is 9.89. The molecule has 0 aliphatic carbocycles. The number of para-hydroxylation sites is 1. The first-order chi connectivity index (χ1) is 27.3. The third-order valence-corrected chi connectivity index (χ3v) is 10.7. The van der Waals surface area contributed by atoms with Crippen LogP contribution in [0.5, 0.6) is 0 Å². The van der Waals surface area contributed by atoms with Gasteiger partial charge in [-0.3, -0.25) is 9.97 Å². The molecule has 0 amide bonds. The van der Waals surface area contributed by atoms with Crippen LogP contribution in [0.2, 0.25) is 0 Å². The molecule has 7 aromatic carbocycles. The molecular formula is C50H31N5. The molecule has 5 heteroatoms. The van der Waals surface area contributed by atoms with E-state index >= 15 is 0 Å². The first kappa shape index (κ1) is 31.1. The summed E-state index contributed by atoms with van der Waals surface area (Å²) in [5, 5.41) is 12.0. The Kier molecular flexibility index (Phi) is 7.10. The molecular weight excluding hydrogens is 671 g/mol. The lowest BCUT2D eigenvalue weighted by Gasteiger charge is -2.16. The third kappa shape index (κ3) is 5.02. The molecule has 0 unspecified atom stereocenters. The van der Waals surface area contributed by atoms with Crippen molar-refractivity contribution in [3.63, 3.8) is 0 Å². The van der Waals surface area contributed by atoms with Gasteiger partial charge in [0.1, 0.15) is 5.69 Å². The zero-order chi connectivity index (χ0) is 36.3. The fraction of sp³-hybridized carbons (Fsp3) is 0. The normalized spacial score (nSPS) is 11.6. The Labute approximate surface area is 316 Å². The molecule has 0 bridgehead atoms. The Balaban J connectivity index is 1.20. The van der Waals surface area contributed by atoms with E-state index in [0.717, 1.165) is 105 Å². The molecule has 256 valence electrons. The number of aromatic nitrogens is 5. The standard InChI is InChI=1S/C50H31N5/c1-4-13-32(14-5-1)42-31-43-37(20-10-21-41(43)50-45(42)46(33-15-6-2-7-16-33)54-55(50)36-18-8-3-9-19-36)40-27-26-38(39-22-12-30-52-49(39)40)44-28-25-35-24-23-34-17-11-29-51-47(34)48(35)53-44/h1-31H. The topological polar surface area (TPSA) is 56.5 Å². The van der Waals surface area contributed by atoms with E-state index in [0.29, 0.717) is 0 Å². The third-order valence-electron chi connectivity index (χ3n) is 10.7. The highest BCUT2D eigenvalue weighted by Crippen LogP contribution is 2.45. The van der Waals surface area contributed by atoms with Crippen LogP contribution in [0.3, 0.4) is 0 Å². The number of benzene rings is 7. The SMILES string of the molecule is c1ccc(-c2cc3c(-c4ccc(-c5ccc6ccc7cccnc7c6n5)c5cccnc45)cccc3c3c2c(-c2ccccc2)nn3-c2ccccc2)cc1. The predicted molar refractivity (Wildman–Crippen MR) is 226 cm³/mol. The summed E-state index contributed by atoms with van der Waals surface area (Å²) in [6.07, 6.45) is 3.72. The van der Waals surface area contributed by atoms with Crippen LogP contribution in [-0.2, 0) is 0 Å². The smallest absolute Gasteiger partial charge is 0.101 e. The van der Waals surface area contributed by atoms with Crippen molar-refractivity contribution < 1.29 is 0 Å². The number of fused-ring (bicyclic) bond motifs is 7. The van der Waals surface area contributed by atoms with Gasteiger partial charge in [-0.05, 0) is 58.5 Å². The molecule has 11 rings (SSSR count). The van der Waals surface area contributed by atoms with Crippen LogP contribution >= 0.6 is 0 Å². The lowest BCUT2D eigenvalue weighted by molar-refractivity contribution is 0.918. The number of hydrogen-bond acceptors (Lipinski definition) is 4. The van der Waals surface area contributed by atoms with E-state index in [1.807, 2.05) is 30.6 Å². The largest absolute Gasteiger partial charge is 0.256 e. The van der Waals surface area contributed by atoms with E-state index in [9.17, 15) is 0 Å². The minimum absolute atomic E-state index is 0.890. The number of nitrogens with zero attached hydrogens (tertiary/aromatic N) is 5. The summed E-state index contributed by atoms with van der Waals surface area (Å²) < 4.78 is 2.12. The van der Waals surface area contributed by atoms with Gasteiger partial charge in [-0.15, -0.1) is 0 Å². The fourth-order valence-electron chi connectivity index (χ4n) is 8.19. The molecule has 0 saturated carbocycles. The van der Waals surface area contributed by atoms with Crippen LogP contribution in [0.25, 0.3) is 105 Å². The molecule has 0 N–H and O–H groups in total. The molecule has 11 aromatic rings. The van der Waals surface area contributed by atoms with E-state index in [1.54, 1.807) is 0 Å². The molecule has 4 aromatic heterocycles. The number of hydrogen-bond donors (Lipinski definition) is 0.